The van der Waals surface area contributed by atoms with Crippen molar-refractivity contribution in [2.24, 2.45) is 5.92 Å². The lowest BCUT2D eigenvalue weighted by Gasteiger charge is -2.05. The summed E-state index contributed by atoms with van der Waals surface area (Å²) in [6, 6.07) is 2.20. The van der Waals surface area contributed by atoms with E-state index in [4.69, 9.17) is 0 Å². The van der Waals surface area contributed by atoms with E-state index in [1.54, 1.807) is 0 Å². The van der Waals surface area contributed by atoms with Crippen LogP contribution in [0.2, 0.25) is 0 Å². The largest absolute Gasteiger partial charge is 0.354 e. The van der Waals surface area contributed by atoms with Gasteiger partial charge in [-0.25, -0.2) is 0 Å². The first-order valence-electron chi connectivity index (χ1n) is 5.57. The summed E-state index contributed by atoms with van der Waals surface area (Å²) in [4.78, 5) is 0. The van der Waals surface area contributed by atoms with Gasteiger partial charge in [-0.05, 0) is 30.5 Å². The number of rotatable bonds is 6. The van der Waals surface area contributed by atoms with Gasteiger partial charge in [-0.3, -0.25) is 0 Å². The van der Waals surface area contributed by atoms with Crippen LogP contribution in [0.15, 0.2) is 18.5 Å². The zero-order chi connectivity index (χ0) is 10.4. The highest BCUT2D eigenvalue weighted by Crippen LogP contribution is 2.04. The Bertz CT molecular complexity index is 251. The Morgan fingerprint density at radius 1 is 1.43 bits per heavy atom. The second-order valence-electron chi connectivity index (χ2n) is 4.29. The zero-order valence-corrected chi connectivity index (χ0v) is 9.59. The van der Waals surface area contributed by atoms with Gasteiger partial charge in [0.2, 0.25) is 0 Å². The molecule has 1 aromatic heterocycles. The van der Waals surface area contributed by atoms with E-state index < -0.39 is 0 Å². The Labute approximate surface area is 87.3 Å². The predicted octanol–water partition coefficient (Wildman–Crippen LogP) is 2.64. The molecule has 1 heterocycles. The van der Waals surface area contributed by atoms with Crippen LogP contribution in [0.4, 0.5) is 0 Å². The zero-order valence-electron chi connectivity index (χ0n) is 9.59. The van der Waals surface area contributed by atoms with Gasteiger partial charge in [-0.2, -0.15) is 0 Å². The summed E-state index contributed by atoms with van der Waals surface area (Å²) in [6.45, 7) is 9.91. The minimum absolute atomic E-state index is 0.721. The third-order valence-electron chi connectivity index (χ3n) is 2.14. The van der Waals surface area contributed by atoms with Crippen LogP contribution in [0, 0.1) is 5.92 Å². The second-order valence-corrected chi connectivity index (χ2v) is 4.29. The van der Waals surface area contributed by atoms with Gasteiger partial charge < -0.3 is 9.88 Å². The molecule has 0 saturated heterocycles. The number of aromatic nitrogens is 1. The van der Waals surface area contributed by atoms with Crippen LogP contribution in [0.1, 0.15) is 32.8 Å². The summed E-state index contributed by atoms with van der Waals surface area (Å²) in [5.74, 6) is 0.721. The Kier molecular flexibility index (Phi) is 4.74. The second kappa shape index (κ2) is 5.86. The van der Waals surface area contributed by atoms with Gasteiger partial charge >= 0.3 is 0 Å². The first-order valence-corrected chi connectivity index (χ1v) is 5.57. The Hall–Kier alpha value is -0.760. The Morgan fingerprint density at radius 2 is 2.21 bits per heavy atom. The molecule has 0 aliphatic heterocycles. The molecule has 1 rings (SSSR count). The highest BCUT2D eigenvalue weighted by atomic mass is 14.9. The fourth-order valence-corrected chi connectivity index (χ4v) is 1.54. The molecule has 2 heteroatoms. The van der Waals surface area contributed by atoms with Gasteiger partial charge in [0.1, 0.15) is 0 Å². The average molecular weight is 194 g/mol. The number of hydrogen-bond acceptors (Lipinski definition) is 1. The van der Waals surface area contributed by atoms with Crippen molar-refractivity contribution in [1.82, 2.24) is 9.88 Å². The molecule has 1 N–H and O–H groups in total. The molecule has 0 saturated carbocycles. The van der Waals surface area contributed by atoms with Crippen LogP contribution in [-0.2, 0) is 13.1 Å². The lowest BCUT2D eigenvalue weighted by molar-refractivity contribution is 0.523. The van der Waals surface area contributed by atoms with Crippen molar-refractivity contribution in [3.63, 3.8) is 0 Å². The molecule has 14 heavy (non-hydrogen) atoms. The van der Waals surface area contributed by atoms with Crippen LogP contribution in [0.5, 0.6) is 0 Å². The molecular weight excluding hydrogens is 172 g/mol. The highest BCUT2D eigenvalue weighted by molar-refractivity contribution is 5.09. The first kappa shape index (κ1) is 11.3. The smallest absolute Gasteiger partial charge is 0.0242 e. The quantitative estimate of drug-likeness (QED) is 0.689. The van der Waals surface area contributed by atoms with E-state index in [2.05, 4.69) is 49.1 Å². The van der Waals surface area contributed by atoms with Crippen molar-refractivity contribution in [1.29, 1.82) is 0 Å². The summed E-state index contributed by atoms with van der Waals surface area (Å²) >= 11 is 0. The van der Waals surface area contributed by atoms with E-state index in [1.165, 1.54) is 12.0 Å². The van der Waals surface area contributed by atoms with E-state index in [9.17, 15) is 0 Å². The fourth-order valence-electron chi connectivity index (χ4n) is 1.54. The van der Waals surface area contributed by atoms with E-state index >= 15 is 0 Å². The van der Waals surface area contributed by atoms with Gasteiger partial charge in [0.25, 0.3) is 0 Å². The first-order chi connectivity index (χ1) is 6.72. The van der Waals surface area contributed by atoms with E-state index in [1.807, 2.05) is 0 Å². The van der Waals surface area contributed by atoms with Crippen molar-refractivity contribution >= 4 is 0 Å². The van der Waals surface area contributed by atoms with Crippen molar-refractivity contribution in [2.75, 3.05) is 6.54 Å². The molecule has 0 aromatic carbocycles. The molecule has 0 aliphatic carbocycles. The van der Waals surface area contributed by atoms with Gasteiger partial charge in [0.05, 0.1) is 0 Å². The molecule has 80 valence electrons. The van der Waals surface area contributed by atoms with Crippen molar-refractivity contribution in [3.05, 3.63) is 24.0 Å². The number of nitrogens with one attached hydrogen (secondary N) is 1. The fraction of sp³-hybridized carbons (Fsp3) is 0.667. The van der Waals surface area contributed by atoms with E-state index in [0.717, 1.165) is 25.6 Å². The highest BCUT2D eigenvalue weighted by Gasteiger charge is 1.98. The molecule has 0 spiro atoms. The maximum absolute atomic E-state index is 3.40. The molecule has 0 bridgehead atoms. The van der Waals surface area contributed by atoms with Gasteiger partial charge in [-0.1, -0.05) is 20.8 Å². The lowest BCUT2D eigenvalue weighted by Crippen LogP contribution is -2.13. The summed E-state index contributed by atoms with van der Waals surface area (Å²) in [6.07, 6.45) is 5.61. The molecule has 0 atom stereocenters. The van der Waals surface area contributed by atoms with Crippen molar-refractivity contribution in [2.45, 2.75) is 40.3 Å². The molecule has 0 amide bonds. The van der Waals surface area contributed by atoms with E-state index in [-0.39, 0.29) is 0 Å². The summed E-state index contributed by atoms with van der Waals surface area (Å²) in [7, 11) is 0. The van der Waals surface area contributed by atoms with Crippen LogP contribution >= 0.6 is 0 Å². The van der Waals surface area contributed by atoms with Gasteiger partial charge in [0.15, 0.2) is 0 Å². The summed E-state index contributed by atoms with van der Waals surface area (Å²) in [5.41, 5.74) is 1.39. The summed E-state index contributed by atoms with van der Waals surface area (Å²) < 4.78 is 2.27. The number of nitrogens with zero attached hydrogens (tertiary/aromatic N) is 1. The van der Waals surface area contributed by atoms with Crippen LogP contribution < -0.4 is 5.32 Å². The molecule has 0 radical (unpaired) electrons. The third-order valence-corrected chi connectivity index (χ3v) is 2.14. The Morgan fingerprint density at radius 3 is 2.86 bits per heavy atom. The monoisotopic (exact) mass is 194 g/mol. The molecule has 0 unspecified atom stereocenters. The van der Waals surface area contributed by atoms with Gasteiger partial charge in [0, 0.05) is 25.5 Å². The maximum atomic E-state index is 3.40. The standard InChI is InChI=1S/C12H22N2/c1-4-6-13-8-12-5-7-14(10-12)9-11(2)3/h5,7,10-11,13H,4,6,8-9H2,1-3H3. The third kappa shape index (κ3) is 3.97. The van der Waals surface area contributed by atoms with Crippen molar-refractivity contribution < 1.29 is 0 Å². The van der Waals surface area contributed by atoms with Crippen LogP contribution in [0.25, 0.3) is 0 Å². The molecule has 0 fully saturated rings. The molecule has 0 aliphatic rings. The topological polar surface area (TPSA) is 17.0 Å². The van der Waals surface area contributed by atoms with Crippen molar-refractivity contribution in [3.8, 4) is 0 Å². The maximum Gasteiger partial charge on any atom is 0.0242 e. The molecule has 2 nitrogen and oxygen atoms in total. The minimum Gasteiger partial charge on any atom is -0.354 e. The minimum atomic E-state index is 0.721. The summed E-state index contributed by atoms with van der Waals surface area (Å²) in [5, 5.41) is 3.40. The number of hydrogen-bond donors (Lipinski definition) is 1. The van der Waals surface area contributed by atoms with E-state index in [0.29, 0.717) is 0 Å². The SMILES string of the molecule is CCCNCc1ccn(CC(C)C)c1. The Balaban J connectivity index is 2.35. The predicted molar refractivity (Wildman–Crippen MR) is 61.3 cm³/mol. The molecular formula is C12H22N2. The average Bonchev–Trinajstić information content (AvgIpc) is 2.52. The van der Waals surface area contributed by atoms with Crippen LogP contribution in [-0.4, -0.2) is 11.1 Å². The van der Waals surface area contributed by atoms with Crippen LogP contribution in [0.3, 0.4) is 0 Å². The lowest BCUT2D eigenvalue weighted by atomic mass is 10.2. The van der Waals surface area contributed by atoms with Gasteiger partial charge in [-0.15, -0.1) is 0 Å². The molecule has 1 aromatic rings. The normalized spacial score (nSPS) is 11.1.